The highest BCUT2D eigenvalue weighted by Crippen LogP contribution is 2.36. The first-order valence-corrected chi connectivity index (χ1v) is 7.70. The van der Waals surface area contributed by atoms with Crippen LogP contribution >= 0.6 is 11.6 Å². The summed E-state index contributed by atoms with van der Waals surface area (Å²) in [5.74, 6) is 0.913. The van der Waals surface area contributed by atoms with Crippen molar-refractivity contribution in [3.63, 3.8) is 0 Å². The highest BCUT2D eigenvalue weighted by molar-refractivity contribution is 6.33. The summed E-state index contributed by atoms with van der Waals surface area (Å²) >= 11 is 6.34. The largest absolute Gasteiger partial charge is 0.334 e. The summed E-state index contributed by atoms with van der Waals surface area (Å²) in [6, 6.07) is 5.37. The molecule has 0 unspecified atom stereocenters. The van der Waals surface area contributed by atoms with Crippen LogP contribution in [0, 0.1) is 0 Å². The SMILES string of the molecule is NC1(c2noc(-c3ccc(-n4cnnn4)cc3Cl)n2)CCCC1. The van der Waals surface area contributed by atoms with Crippen molar-refractivity contribution in [1.82, 2.24) is 30.3 Å². The Hall–Kier alpha value is -2.32. The number of aromatic nitrogens is 6. The van der Waals surface area contributed by atoms with Gasteiger partial charge in [-0.3, -0.25) is 0 Å². The molecule has 2 N–H and O–H groups in total. The first kappa shape index (κ1) is 14.3. The predicted molar refractivity (Wildman–Crippen MR) is 81.8 cm³/mol. The molecule has 1 saturated carbocycles. The number of halogens is 1. The van der Waals surface area contributed by atoms with Gasteiger partial charge in [0.1, 0.15) is 6.33 Å². The fourth-order valence-corrected chi connectivity index (χ4v) is 3.12. The molecule has 0 saturated heterocycles. The number of nitrogens with zero attached hydrogens (tertiary/aromatic N) is 6. The van der Waals surface area contributed by atoms with E-state index in [2.05, 4.69) is 25.7 Å². The average Bonchev–Trinajstić information content (AvgIpc) is 3.29. The van der Waals surface area contributed by atoms with E-state index in [1.165, 1.54) is 11.0 Å². The normalized spacial score (nSPS) is 16.8. The van der Waals surface area contributed by atoms with Crippen LogP contribution in [-0.2, 0) is 5.54 Å². The summed E-state index contributed by atoms with van der Waals surface area (Å²) < 4.78 is 6.88. The van der Waals surface area contributed by atoms with E-state index < -0.39 is 5.54 Å². The smallest absolute Gasteiger partial charge is 0.259 e. The van der Waals surface area contributed by atoms with E-state index in [9.17, 15) is 0 Å². The minimum absolute atomic E-state index is 0.366. The number of tetrazole rings is 1. The summed E-state index contributed by atoms with van der Waals surface area (Å²) in [6.45, 7) is 0. The van der Waals surface area contributed by atoms with Crippen LogP contribution in [0.25, 0.3) is 17.1 Å². The Bertz CT molecular complexity index is 824. The lowest BCUT2D eigenvalue weighted by Gasteiger charge is -2.17. The number of nitrogens with two attached hydrogens (primary N) is 1. The first-order chi connectivity index (χ1) is 11.2. The molecule has 23 heavy (non-hydrogen) atoms. The van der Waals surface area contributed by atoms with Crippen molar-refractivity contribution >= 4 is 11.6 Å². The Kier molecular flexibility index (Phi) is 3.35. The Balaban J connectivity index is 1.67. The van der Waals surface area contributed by atoms with Crippen LogP contribution in [0.3, 0.4) is 0 Å². The molecule has 0 radical (unpaired) electrons. The Morgan fingerprint density at radius 2 is 2.09 bits per heavy atom. The molecule has 0 amide bonds. The van der Waals surface area contributed by atoms with Gasteiger partial charge in [0, 0.05) is 0 Å². The van der Waals surface area contributed by atoms with Gasteiger partial charge in [0.05, 0.1) is 21.8 Å². The summed E-state index contributed by atoms with van der Waals surface area (Å²) in [6.07, 6.45) is 5.41. The monoisotopic (exact) mass is 331 g/mol. The molecule has 0 bridgehead atoms. The van der Waals surface area contributed by atoms with Gasteiger partial charge in [0.15, 0.2) is 5.82 Å². The molecule has 4 rings (SSSR count). The summed E-state index contributed by atoms with van der Waals surface area (Å²) in [4.78, 5) is 4.45. The maximum absolute atomic E-state index is 6.35. The second kappa shape index (κ2) is 5.39. The lowest BCUT2D eigenvalue weighted by atomic mass is 9.99. The van der Waals surface area contributed by atoms with Gasteiger partial charge in [-0.05, 0) is 41.5 Å². The fraction of sp³-hybridized carbons (Fsp3) is 0.357. The quantitative estimate of drug-likeness (QED) is 0.782. The molecular formula is C14H14ClN7O. The second-order valence-electron chi connectivity index (χ2n) is 5.70. The summed E-state index contributed by atoms with van der Waals surface area (Å²) in [5.41, 5.74) is 7.27. The molecule has 1 aliphatic rings. The number of benzene rings is 1. The highest BCUT2D eigenvalue weighted by Gasteiger charge is 2.36. The molecule has 8 nitrogen and oxygen atoms in total. The molecule has 0 aliphatic heterocycles. The Morgan fingerprint density at radius 1 is 1.26 bits per heavy atom. The van der Waals surface area contributed by atoms with Gasteiger partial charge in [0.2, 0.25) is 0 Å². The lowest BCUT2D eigenvalue weighted by Crippen LogP contribution is -2.34. The van der Waals surface area contributed by atoms with E-state index in [1.807, 2.05) is 6.07 Å². The van der Waals surface area contributed by atoms with E-state index in [0.29, 0.717) is 22.3 Å². The molecule has 2 heterocycles. The van der Waals surface area contributed by atoms with Crippen LogP contribution in [-0.4, -0.2) is 30.3 Å². The van der Waals surface area contributed by atoms with Gasteiger partial charge >= 0.3 is 0 Å². The summed E-state index contributed by atoms with van der Waals surface area (Å²) in [7, 11) is 0. The minimum atomic E-state index is -0.486. The standard InChI is InChI=1S/C14H14ClN7O/c15-11-7-9(22-8-17-20-21-22)3-4-10(11)12-18-13(19-23-12)14(16)5-1-2-6-14/h3-4,7-8H,1-2,5-6,16H2. The minimum Gasteiger partial charge on any atom is -0.334 e. The van der Waals surface area contributed by atoms with Gasteiger partial charge in [-0.25, -0.2) is 4.68 Å². The van der Waals surface area contributed by atoms with Crippen molar-refractivity contribution in [1.29, 1.82) is 0 Å². The molecule has 0 spiro atoms. The van der Waals surface area contributed by atoms with E-state index >= 15 is 0 Å². The van der Waals surface area contributed by atoms with Crippen molar-refractivity contribution < 1.29 is 4.52 Å². The van der Waals surface area contributed by atoms with Crippen molar-refractivity contribution in [2.45, 2.75) is 31.2 Å². The molecule has 1 aliphatic carbocycles. The van der Waals surface area contributed by atoms with E-state index in [1.54, 1.807) is 12.1 Å². The van der Waals surface area contributed by atoms with Crippen molar-refractivity contribution in [3.8, 4) is 17.1 Å². The summed E-state index contributed by atoms with van der Waals surface area (Å²) in [5, 5.41) is 15.6. The second-order valence-corrected chi connectivity index (χ2v) is 6.11. The van der Waals surface area contributed by atoms with E-state index in [4.69, 9.17) is 21.9 Å². The third-order valence-electron chi connectivity index (χ3n) is 4.16. The van der Waals surface area contributed by atoms with Gasteiger partial charge in [0.25, 0.3) is 5.89 Å². The lowest BCUT2D eigenvalue weighted by molar-refractivity contribution is 0.372. The average molecular weight is 332 g/mol. The topological polar surface area (TPSA) is 109 Å². The van der Waals surface area contributed by atoms with Crippen LogP contribution in [0.4, 0.5) is 0 Å². The zero-order valence-corrected chi connectivity index (χ0v) is 12.9. The number of rotatable bonds is 3. The zero-order valence-electron chi connectivity index (χ0n) is 12.2. The Labute approximate surface area is 136 Å². The Morgan fingerprint density at radius 3 is 2.78 bits per heavy atom. The molecule has 2 aromatic heterocycles. The zero-order chi connectivity index (χ0) is 15.9. The molecule has 1 aromatic carbocycles. The van der Waals surface area contributed by atoms with Crippen LogP contribution in [0.15, 0.2) is 29.0 Å². The number of hydrogen-bond acceptors (Lipinski definition) is 7. The van der Waals surface area contributed by atoms with Crippen molar-refractivity contribution in [2.24, 2.45) is 5.73 Å². The molecule has 1 fully saturated rings. The third-order valence-corrected chi connectivity index (χ3v) is 4.48. The molecular weight excluding hydrogens is 318 g/mol. The predicted octanol–water partition coefficient (Wildman–Crippen LogP) is 2.09. The van der Waals surface area contributed by atoms with Gasteiger partial charge in [-0.1, -0.05) is 29.6 Å². The molecule has 0 atom stereocenters. The van der Waals surface area contributed by atoms with Crippen molar-refractivity contribution in [2.75, 3.05) is 0 Å². The van der Waals surface area contributed by atoms with Crippen LogP contribution in [0.2, 0.25) is 5.02 Å². The maximum Gasteiger partial charge on any atom is 0.259 e. The highest BCUT2D eigenvalue weighted by atomic mass is 35.5. The van der Waals surface area contributed by atoms with Gasteiger partial charge in [-0.2, -0.15) is 4.98 Å². The van der Waals surface area contributed by atoms with Crippen molar-refractivity contribution in [3.05, 3.63) is 35.4 Å². The molecule has 9 heteroatoms. The van der Waals surface area contributed by atoms with Gasteiger partial charge in [-0.15, -0.1) is 5.10 Å². The van der Waals surface area contributed by atoms with Crippen LogP contribution < -0.4 is 5.73 Å². The van der Waals surface area contributed by atoms with E-state index in [0.717, 1.165) is 31.4 Å². The van der Waals surface area contributed by atoms with Crippen LogP contribution in [0.1, 0.15) is 31.5 Å². The van der Waals surface area contributed by atoms with Crippen LogP contribution in [0.5, 0.6) is 0 Å². The third kappa shape index (κ3) is 2.49. The number of hydrogen-bond donors (Lipinski definition) is 1. The fourth-order valence-electron chi connectivity index (χ4n) is 2.86. The van der Waals surface area contributed by atoms with Gasteiger partial charge < -0.3 is 10.3 Å². The molecule has 3 aromatic rings. The molecule has 118 valence electrons. The van der Waals surface area contributed by atoms with E-state index in [-0.39, 0.29) is 0 Å². The maximum atomic E-state index is 6.35. The first-order valence-electron chi connectivity index (χ1n) is 7.32.